The third-order valence-corrected chi connectivity index (χ3v) is 6.07. The summed E-state index contributed by atoms with van der Waals surface area (Å²) in [5.41, 5.74) is 1.16. The highest BCUT2D eigenvalue weighted by molar-refractivity contribution is 7.17. The average molecular weight is 372 g/mol. The second-order valence-corrected chi connectivity index (χ2v) is 7.65. The van der Waals surface area contributed by atoms with E-state index >= 15 is 0 Å². The molecule has 0 amide bonds. The minimum atomic E-state index is 0.0137. The summed E-state index contributed by atoms with van der Waals surface area (Å²) in [7, 11) is 1.67. The van der Waals surface area contributed by atoms with Crippen LogP contribution in [0, 0.1) is 0 Å². The van der Waals surface area contributed by atoms with Crippen molar-refractivity contribution in [2.75, 3.05) is 20.2 Å². The Morgan fingerprint density at radius 3 is 2.54 bits per heavy atom. The van der Waals surface area contributed by atoms with E-state index in [4.69, 9.17) is 4.74 Å². The summed E-state index contributed by atoms with van der Waals surface area (Å²) >= 11 is 1.53. The standard InChI is InChI=1S/C19H24N4O2S/c1-3-15-20-19-23(21-15)18(24)17(26-19)16(22-11-5-4-6-12-22)13-7-9-14(25-2)10-8-13/h7-10,16,24H,3-6,11-12H2,1-2H3/t16-/m1/s1. The lowest BCUT2D eigenvalue weighted by Crippen LogP contribution is -2.34. The lowest BCUT2D eigenvalue weighted by atomic mass is 10.0. The number of thiazole rings is 1. The molecule has 1 atom stereocenters. The minimum absolute atomic E-state index is 0.0137. The Hall–Kier alpha value is -2.12. The predicted octanol–water partition coefficient (Wildman–Crippen LogP) is 3.64. The monoisotopic (exact) mass is 372 g/mol. The first-order chi connectivity index (χ1) is 12.7. The highest BCUT2D eigenvalue weighted by Crippen LogP contribution is 2.41. The number of hydrogen-bond acceptors (Lipinski definition) is 6. The number of rotatable bonds is 5. The van der Waals surface area contributed by atoms with Crippen LogP contribution in [0.1, 0.15) is 48.5 Å². The van der Waals surface area contributed by atoms with Crippen molar-refractivity contribution in [3.05, 3.63) is 40.5 Å². The largest absolute Gasteiger partial charge is 0.497 e. The smallest absolute Gasteiger partial charge is 0.230 e. The van der Waals surface area contributed by atoms with Crippen LogP contribution in [0.4, 0.5) is 0 Å². The molecule has 0 bridgehead atoms. The molecule has 3 heterocycles. The summed E-state index contributed by atoms with van der Waals surface area (Å²) in [4.78, 5) is 8.65. The van der Waals surface area contributed by atoms with Crippen LogP contribution in [-0.2, 0) is 6.42 Å². The third-order valence-electron chi connectivity index (χ3n) is 5.00. The number of fused-ring (bicyclic) bond motifs is 1. The van der Waals surface area contributed by atoms with Crippen LogP contribution >= 0.6 is 11.3 Å². The summed E-state index contributed by atoms with van der Waals surface area (Å²) < 4.78 is 6.88. The summed E-state index contributed by atoms with van der Waals surface area (Å²) in [6.45, 7) is 4.08. The van der Waals surface area contributed by atoms with Crippen LogP contribution in [0.2, 0.25) is 0 Å². The molecular weight excluding hydrogens is 348 g/mol. The first-order valence-electron chi connectivity index (χ1n) is 9.16. The summed E-state index contributed by atoms with van der Waals surface area (Å²) in [6.07, 6.45) is 4.41. The molecular formula is C19H24N4O2S. The molecule has 1 aliphatic rings. The van der Waals surface area contributed by atoms with E-state index in [1.165, 1.54) is 30.6 Å². The molecule has 0 spiro atoms. The van der Waals surface area contributed by atoms with E-state index in [2.05, 4.69) is 27.1 Å². The fraction of sp³-hybridized carbons (Fsp3) is 0.474. The van der Waals surface area contributed by atoms with Crippen molar-refractivity contribution >= 4 is 16.3 Å². The molecule has 2 aromatic heterocycles. The summed E-state index contributed by atoms with van der Waals surface area (Å²) in [6, 6.07) is 8.15. The van der Waals surface area contributed by atoms with Gasteiger partial charge in [0.1, 0.15) is 5.75 Å². The lowest BCUT2D eigenvalue weighted by molar-refractivity contribution is 0.186. The number of likely N-dealkylation sites (tertiary alicyclic amines) is 1. The average Bonchev–Trinajstić information content (AvgIpc) is 3.23. The Balaban J connectivity index is 1.78. The first-order valence-corrected chi connectivity index (χ1v) is 9.98. The highest BCUT2D eigenvalue weighted by atomic mass is 32.1. The molecule has 1 fully saturated rings. The molecule has 7 heteroatoms. The molecule has 26 heavy (non-hydrogen) atoms. The number of benzene rings is 1. The molecule has 6 nitrogen and oxygen atoms in total. The highest BCUT2D eigenvalue weighted by Gasteiger charge is 2.30. The molecule has 3 aromatic rings. The zero-order valence-electron chi connectivity index (χ0n) is 15.2. The Bertz CT molecular complexity index is 881. The molecule has 0 saturated carbocycles. The molecule has 0 unspecified atom stereocenters. The van der Waals surface area contributed by atoms with Crippen molar-refractivity contribution in [2.24, 2.45) is 0 Å². The third kappa shape index (κ3) is 3.05. The van der Waals surface area contributed by atoms with E-state index in [9.17, 15) is 5.11 Å². The van der Waals surface area contributed by atoms with Gasteiger partial charge in [-0.05, 0) is 43.6 Å². The second-order valence-electron chi connectivity index (χ2n) is 6.64. The van der Waals surface area contributed by atoms with Gasteiger partial charge >= 0.3 is 0 Å². The summed E-state index contributed by atoms with van der Waals surface area (Å²) in [5.74, 6) is 1.81. The maximum Gasteiger partial charge on any atom is 0.230 e. The molecule has 138 valence electrons. The lowest BCUT2D eigenvalue weighted by Gasteiger charge is -2.34. The van der Waals surface area contributed by atoms with Gasteiger partial charge in [0, 0.05) is 6.42 Å². The van der Waals surface area contributed by atoms with Crippen molar-refractivity contribution < 1.29 is 9.84 Å². The SMILES string of the molecule is CCc1nc2sc([C@@H](c3ccc(OC)cc3)N3CCCCC3)c(O)n2n1. The number of methoxy groups -OCH3 is 1. The van der Waals surface area contributed by atoms with Gasteiger partial charge in [0.15, 0.2) is 5.82 Å². The zero-order chi connectivity index (χ0) is 18.1. The molecule has 0 radical (unpaired) electrons. The van der Waals surface area contributed by atoms with Gasteiger partial charge in [0.05, 0.1) is 18.0 Å². The molecule has 1 aliphatic heterocycles. The van der Waals surface area contributed by atoms with Gasteiger partial charge in [0.25, 0.3) is 0 Å². The maximum absolute atomic E-state index is 10.9. The van der Waals surface area contributed by atoms with Crippen molar-refractivity contribution in [2.45, 2.75) is 38.6 Å². The maximum atomic E-state index is 10.9. The van der Waals surface area contributed by atoms with Crippen LogP contribution in [-0.4, -0.2) is 44.8 Å². The number of nitrogens with zero attached hydrogens (tertiary/aromatic N) is 4. The number of piperidine rings is 1. The van der Waals surface area contributed by atoms with Crippen molar-refractivity contribution in [3.63, 3.8) is 0 Å². The van der Waals surface area contributed by atoms with E-state index in [0.29, 0.717) is 0 Å². The molecule has 0 aliphatic carbocycles. The second kappa shape index (κ2) is 7.25. The summed E-state index contributed by atoms with van der Waals surface area (Å²) in [5, 5.41) is 15.3. The van der Waals surface area contributed by atoms with Gasteiger partial charge in [-0.2, -0.15) is 4.52 Å². The topological polar surface area (TPSA) is 62.9 Å². The molecule has 1 N–H and O–H groups in total. The number of hydrogen-bond donors (Lipinski definition) is 1. The number of ether oxygens (including phenoxy) is 1. The minimum Gasteiger partial charge on any atom is -0.497 e. The van der Waals surface area contributed by atoms with Crippen molar-refractivity contribution in [3.8, 4) is 11.6 Å². The van der Waals surface area contributed by atoms with Crippen LogP contribution in [0.3, 0.4) is 0 Å². The predicted molar refractivity (Wildman–Crippen MR) is 102 cm³/mol. The Morgan fingerprint density at radius 1 is 1.19 bits per heavy atom. The number of aromatic nitrogens is 3. The quantitative estimate of drug-likeness (QED) is 0.741. The Morgan fingerprint density at radius 2 is 1.92 bits per heavy atom. The van der Waals surface area contributed by atoms with Crippen LogP contribution in [0.5, 0.6) is 11.6 Å². The Kier molecular flexibility index (Phi) is 4.82. The normalized spacial score (nSPS) is 16.8. The zero-order valence-corrected chi connectivity index (χ0v) is 16.0. The van der Waals surface area contributed by atoms with E-state index in [-0.39, 0.29) is 11.9 Å². The van der Waals surface area contributed by atoms with Crippen LogP contribution in [0.25, 0.3) is 4.96 Å². The van der Waals surface area contributed by atoms with E-state index in [0.717, 1.165) is 46.5 Å². The van der Waals surface area contributed by atoms with Gasteiger partial charge in [0.2, 0.25) is 10.8 Å². The van der Waals surface area contributed by atoms with Crippen LogP contribution < -0.4 is 4.74 Å². The fourth-order valence-electron chi connectivity index (χ4n) is 3.61. The number of aromatic hydroxyl groups is 1. The Labute approximate surface area is 157 Å². The van der Waals surface area contributed by atoms with Crippen LogP contribution in [0.15, 0.2) is 24.3 Å². The van der Waals surface area contributed by atoms with E-state index in [1.807, 2.05) is 19.1 Å². The van der Waals surface area contributed by atoms with Gasteiger partial charge in [-0.25, -0.2) is 4.98 Å². The van der Waals surface area contributed by atoms with Gasteiger partial charge < -0.3 is 9.84 Å². The first kappa shape index (κ1) is 17.3. The van der Waals surface area contributed by atoms with E-state index < -0.39 is 0 Å². The van der Waals surface area contributed by atoms with Gasteiger partial charge in [-0.3, -0.25) is 4.90 Å². The number of aryl methyl sites for hydroxylation is 1. The van der Waals surface area contributed by atoms with Gasteiger partial charge in [-0.1, -0.05) is 36.8 Å². The molecule has 1 saturated heterocycles. The fourth-order valence-corrected chi connectivity index (χ4v) is 4.75. The molecule has 1 aromatic carbocycles. The van der Waals surface area contributed by atoms with E-state index in [1.54, 1.807) is 11.6 Å². The van der Waals surface area contributed by atoms with Gasteiger partial charge in [-0.15, -0.1) is 5.10 Å². The molecule has 4 rings (SSSR count). The van der Waals surface area contributed by atoms with Crippen molar-refractivity contribution in [1.82, 2.24) is 19.5 Å². The van der Waals surface area contributed by atoms with Crippen molar-refractivity contribution in [1.29, 1.82) is 0 Å².